The maximum absolute atomic E-state index is 12.4. The maximum Gasteiger partial charge on any atom is 0.226 e. The minimum absolute atomic E-state index is 0.0998. The third-order valence-corrected chi connectivity index (χ3v) is 4.32. The maximum atomic E-state index is 12.4. The molecule has 0 aromatic heterocycles. The molecule has 0 aromatic rings. The molecule has 5 nitrogen and oxygen atoms in total. The zero-order valence-corrected chi connectivity index (χ0v) is 11.1. The summed E-state index contributed by atoms with van der Waals surface area (Å²) in [7, 11) is 0. The minimum atomic E-state index is 0.0998. The Morgan fingerprint density at radius 1 is 1.11 bits per heavy atom. The van der Waals surface area contributed by atoms with E-state index < -0.39 is 0 Å². The van der Waals surface area contributed by atoms with E-state index in [1.165, 1.54) is 0 Å². The second kappa shape index (κ2) is 5.69. The van der Waals surface area contributed by atoms with Crippen molar-refractivity contribution in [3.8, 4) is 0 Å². The van der Waals surface area contributed by atoms with Crippen LogP contribution in [0.4, 0.5) is 0 Å². The lowest BCUT2D eigenvalue weighted by Crippen LogP contribution is -2.52. The molecule has 2 atom stereocenters. The first-order valence-electron chi connectivity index (χ1n) is 6.88. The smallest absolute Gasteiger partial charge is 0.226 e. The lowest BCUT2D eigenvalue weighted by molar-refractivity contribution is -0.142. The summed E-state index contributed by atoms with van der Waals surface area (Å²) in [6, 6.07) is 0. The number of rotatable bonds is 2. The molecule has 0 unspecified atom stereocenters. The van der Waals surface area contributed by atoms with Crippen LogP contribution in [0.25, 0.3) is 0 Å². The first-order chi connectivity index (χ1) is 8.63. The van der Waals surface area contributed by atoms with Gasteiger partial charge in [-0.2, -0.15) is 0 Å². The van der Waals surface area contributed by atoms with Gasteiger partial charge in [0.05, 0.1) is 0 Å². The van der Waals surface area contributed by atoms with E-state index in [9.17, 15) is 9.59 Å². The van der Waals surface area contributed by atoms with Crippen LogP contribution >= 0.6 is 0 Å². The molecular weight excluding hydrogens is 230 g/mol. The van der Waals surface area contributed by atoms with Gasteiger partial charge in [0, 0.05) is 39.0 Å². The third-order valence-electron chi connectivity index (χ3n) is 4.32. The predicted octanol–water partition coefficient (Wildman–Crippen LogP) is 0.0521. The van der Waals surface area contributed by atoms with Crippen molar-refractivity contribution < 1.29 is 9.59 Å². The SMILES string of the molecule is CC(=O)N1CCN(C(=O)[C@@H]2CCC[C@@H]2CN)CC1. The van der Waals surface area contributed by atoms with Gasteiger partial charge in [-0.1, -0.05) is 6.42 Å². The molecule has 2 aliphatic rings. The quantitative estimate of drug-likeness (QED) is 0.756. The molecule has 2 rings (SSSR count). The highest BCUT2D eigenvalue weighted by molar-refractivity contribution is 5.80. The highest BCUT2D eigenvalue weighted by Crippen LogP contribution is 2.32. The molecule has 2 fully saturated rings. The Morgan fingerprint density at radius 3 is 2.28 bits per heavy atom. The van der Waals surface area contributed by atoms with E-state index in [0.717, 1.165) is 19.3 Å². The van der Waals surface area contributed by atoms with Gasteiger partial charge in [0.15, 0.2) is 0 Å². The van der Waals surface area contributed by atoms with Crippen LogP contribution in [0.15, 0.2) is 0 Å². The lowest BCUT2D eigenvalue weighted by Gasteiger charge is -2.36. The Balaban J connectivity index is 1.89. The first kappa shape index (κ1) is 13.3. The number of hydrogen-bond acceptors (Lipinski definition) is 3. The Labute approximate surface area is 108 Å². The van der Waals surface area contributed by atoms with E-state index in [4.69, 9.17) is 5.73 Å². The zero-order valence-electron chi connectivity index (χ0n) is 11.1. The van der Waals surface area contributed by atoms with Gasteiger partial charge in [-0.15, -0.1) is 0 Å². The third kappa shape index (κ3) is 2.66. The normalized spacial score (nSPS) is 28.6. The van der Waals surface area contributed by atoms with Crippen molar-refractivity contribution in [2.75, 3.05) is 32.7 Å². The van der Waals surface area contributed by atoms with Gasteiger partial charge in [-0.05, 0) is 25.3 Å². The van der Waals surface area contributed by atoms with E-state index in [1.807, 2.05) is 4.90 Å². The molecule has 0 bridgehead atoms. The number of piperazine rings is 1. The summed E-state index contributed by atoms with van der Waals surface area (Å²) < 4.78 is 0. The molecule has 1 aliphatic heterocycles. The van der Waals surface area contributed by atoms with Crippen molar-refractivity contribution in [3.05, 3.63) is 0 Å². The fourth-order valence-electron chi connectivity index (χ4n) is 3.12. The van der Waals surface area contributed by atoms with Crippen LogP contribution in [0.3, 0.4) is 0 Å². The van der Waals surface area contributed by atoms with Crippen molar-refractivity contribution >= 4 is 11.8 Å². The fraction of sp³-hybridized carbons (Fsp3) is 0.846. The average Bonchev–Trinajstić information content (AvgIpc) is 2.86. The summed E-state index contributed by atoms with van der Waals surface area (Å²) in [5, 5.41) is 0. The van der Waals surface area contributed by atoms with Crippen LogP contribution in [0.5, 0.6) is 0 Å². The number of carbonyl (C=O) groups excluding carboxylic acids is 2. The van der Waals surface area contributed by atoms with E-state index >= 15 is 0 Å². The number of amides is 2. The van der Waals surface area contributed by atoms with Gasteiger partial charge in [-0.25, -0.2) is 0 Å². The Morgan fingerprint density at radius 2 is 1.72 bits per heavy atom. The summed E-state index contributed by atoms with van der Waals surface area (Å²) in [5.41, 5.74) is 5.73. The number of nitrogens with two attached hydrogens (primary N) is 1. The minimum Gasteiger partial charge on any atom is -0.339 e. The van der Waals surface area contributed by atoms with Crippen LogP contribution in [0.2, 0.25) is 0 Å². The van der Waals surface area contributed by atoms with Crippen LogP contribution in [0.1, 0.15) is 26.2 Å². The highest BCUT2D eigenvalue weighted by atomic mass is 16.2. The van der Waals surface area contributed by atoms with Crippen molar-refractivity contribution in [3.63, 3.8) is 0 Å². The monoisotopic (exact) mass is 253 g/mol. The largest absolute Gasteiger partial charge is 0.339 e. The van der Waals surface area contributed by atoms with Crippen LogP contribution in [-0.2, 0) is 9.59 Å². The Bertz CT molecular complexity index is 324. The Kier molecular flexibility index (Phi) is 4.22. The van der Waals surface area contributed by atoms with Gasteiger partial charge in [0.1, 0.15) is 0 Å². The molecule has 18 heavy (non-hydrogen) atoms. The molecule has 1 aliphatic carbocycles. The standard InChI is InChI=1S/C13H23N3O2/c1-10(17)15-5-7-16(8-6-15)13(18)12-4-2-3-11(12)9-14/h11-12H,2-9,14H2,1H3/t11-,12-/m1/s1. The number of hydrogen-bond donors (Lipinski definition) is 1. The summed E-state index contributed by atoms with van der Waals surface area (Å²) in [4.78, 5) is 27.4. The van der Waals surface area contributed by atoms with Crippen molar-refractivity contribution in [2.45, 2.75) is 26.2 Å². The van der Waals surface area contributed by atoms with Gasteiger partial charge < -0.3 is 15.5 Å². The summed E-state index contributed by atoms with van der Waals surface area (Å²) in [5.74, 6) is 0.844. The highest BCUT2D eigenvalue weighted by Gasteiger charge is 2.35. The van der Waals surface area contributed by atoms with Crippen molar-refractivity contribution in [1.29, 1.82) is 0 Å². The summed E-state index contributed by atoms with van der Waals surface area (Å²) in [6.45, 7) is 4.88. The van der Waals surface area contributed by atoms with E-state index in [-0.39, 0.29) is 17.7 Å². The zero-order chi connectivity index (χ0) is 13.1. The molecule has 0 spiro atoms. The first-order valence-corrected chi connectivity index (χ1v) is 6.88. The van der Waals surface area contributed by atoms with Gasteiger partial charge in [-0.3, -0.25) is 9.59 Å². The predicted molar refractivity (Wildman–Crippen MR) is 68.7 cm³/mol. The molecular formula is C13H23N3O2. The van der Waals surface area contributed by atoms with Crippen LogP contribution in [0, 0.1) is 11.8 Å². The molecule has 0 aromatic carbocycles. The van der Waals surface area contributed by atoms with Crippen LogP contribution < -0.4 is 5.73 Å². The van der Waals surface area contributed by atoms with Crippen molar-refractivity contribution in [1.82, 2.24) is 9.80 Å². The van der Waals surface area contributed by atoms with E-state index in [1.54, 1.807) is 11.8 Å². The van der Waals surface area contributed by atoms with E-state index in [0.29, 0.717) is 38.6 Å². The average molecular weight is 253 g/mol. The van der Waals surface area contributed by atoms with E-state index in [2.05, 4.69) is 0 Å². The molecule has 1 heterocycles. The summed E-state index contributed by atoms with van der Waals surface area (Å²) >= 11 is 0. The lowest BCUT2D eigenvalue weighted by atomic mass is 9.94. The molecule has 1 saturated heterocycles. The van der Waals surface area contributed by atoms with Gasteiger partial charge in [0.25, 0.3) is 0 Å². The number of nitrogens with zero attached hydrogens (tertiary/aromatic N) is 2. The molecule has 0 radical (unpaired) electrons. The fourth-order valence-corrected chi connectivity index (χ4v) is 3.12. The van der Waals surface area contributed by atoms with Gasteiger partial charge >= 0.3 is 0 Å². The molecule has 2 amide bonds. The van der Waals surface area contributed by atoms with Crippen LogP contribution in [-0.4, -0.2) is 54.3 Å². The van der Waals surface area contributed by atoms with Crippen molar-refractivity contribution in [2.24, 2.45) is 17.6 Å². The molecule has 2 N–H and O–H groups in total. The molecule has 5 heteroatoms. The molecule has 102 valence electrons. The molecule has 1 saturated carbocycles. The number of carbonyl (C=O) groups is 2. The second-order valence-corrected chi connectivity index (χ2v) is 5.36. The second-order valence-electron chi connectivity index (χ2n) is 5.36. The Hall–Kier alpha value is -1.10. The topological polar surface area (TPSA) is 66.6 Å². The summed E-state index contributed by atoms with van der Waals surface area (Å²) in [6.07, 6.45) is 3.18. The van der Waals surface area contributed by atoms with Gasteiger partial charge in [0.2, 0.25) is 11.8 Å².